The van der Waals surface area contributed by atoms with Crippen molar-refractivity contribution < 1.29 is 14.3 Å². The highest BCUT2D eigenvalue weighted by Gasteiger charge is 2.20. The van der Waals surface area contributed by atoms with Gasteiger partial charge in [-0.1, -0.05) is 18.2 Å². The molecule has 0 aliphatic heterocycles. The van der Waals surface area contributed by atoms with Crippen molar-refractivity contribution in [3.8, 4) is 0 Å². The third kappa shape index (κ3) is 3.83. The fourth-order valence-electron chi connectivity index (χ4n) is 2.43. The van der Waals surface area contributed by atoms with Gasteiger partial charge in [-0.15, -0.1) is 0 Å². The third-order valence-electron chi connectivity index (χ3n) is 3.47. The summed E-state index contributed by atoms with van der Waals surface area (Å²) in [5, 5.41) is 10.2. The molecule has 2 aromatic rings. The monoisotopic (exact) mass is 290 g/mol. The zero-order valence-corrected chi connectivity index (χ0v) is 12.8. The van der Waals surface area contributed by atoms with Crippen LogP contribution in [0.5, 0.6) is 0 Å². The smallest absolute Gasteiger partial charge is 0.372 e. The first kappa shape index (κ1) is 15.5. The van der Waals surface area contributed by atoms with Crippen molar-refractivity contribution in [3.63, 3.8) is 0 Å². The van der Waals surface area contributed by atoms with E-state index in [1.165, 1.54) is 0 Å². The molecule has 114 valence electrons. The molecule has 0 radical (unpaired) electrons. The SMILES string of the molecule is CN(C)CCCN(C)Cc1c(C(=O)O)oc2ccccc12. The highest BCUT2D eigenvalue weighted by Crippen LogP contribution is 2.26. The lowest BCUT2D eigenvalue weighted by atomic mass is 10.1. The number of nitrogens with zero attached hydrogens (tertiary/aromatic N) is 2. The summed E-state index contributed by atoms with van der Waals surface area (Å²) < 4.78 is 5.47. The van der Waals surface area contributed by atoms with Crippen molar-refractivity contribution in [1.82, 2.24) is 9.80 Å². The van der Waals surface area contributed by atoms with E-state index in [9.17, 15) is 9.90 Å². The van der Waals surface area contributed by atoms with Crippen LogP contribution in [-0.4, -0.2) is 55.1 Å². The van der Waals surface area contributed by atoms with Crippen molar-refractivity contribution in [2.75, 3.05) is 34.2 Å². The molecule has 0 saturated carbocycles. The van der Waals surface area contributed by atoms with Gasteiger partial charge in [-0.05, 0) is 46.7 Å². The molecule has 5 nitrogen and oxygen atoms in total. The van der Waals surface area contributed by atoms with Crippen LogP contribution in [0.3, 0.4) is 0 Å². The Morgan fingerprint density at radius 2 is 1.90 bits per heavy atom. The van der Waals surface area contributed by atoms with Crippen LogP contribution >= 0.6 is 0 Å². The Labute approximate surface area is 124 Å². The maximum absolute atomic E-state index is 11.4. The molecule has 1 aromatic heterocycles. The molecule has 5 heteroatoms. The first-order valence-electron chi connectivity index (χ1n) is 7.06. The van der Waals surface area contributed by atoms with Crippen LogP contribution in [-0.2, 0) is 6.54 Å². The van der Waals surface area contributed by atoms with Gasteiger partial charge in [0.2, 0.25) is 5.76 Å². The maximum Gasteiger partial charge on any atom is 0.372 e. The van der Waals surface area contributed by atoms with Gasteiger partial charge < -0.3 is 19.3 Å². The molecule has 0 aliphatic carbocycles. The van der Waals surface area contributed by atoms with Gasteiger partial charge in [0.25, 0.3) is 0 Å². The average molecular weight is 290 g/mol. The van der Waals surface area contributed by atoms with Gasteiger partial charge in [-0.3, -0.25) is 0 Å². The minimum absolute atomic E-state index is 0.0515. The number of fused-ring (bicyclic) bond motifs is 1. The number of rotatable bonds is 7. The molecule has 21 heavy (non-hydrogen) atoms. The molecule has 1 N–H and O–H groups in total. The van der Waals surface area contributed by atoms with E-state index < -0.39 is 5.97 Å². The van der Waals surface area contributed by atoms with E-state index >= 15 is 0 Å². The lowest BCUT2D eigenvalue weighted by molar-refractivity contribution is 0.0662. The highest BCUT2D eigenvalue weighted by molar-refractivity contribution is 5.95. The van der Waals surface area contributed by atoms with Crippen LogP contribution in [0.1, 0.15) is 22.5 Å². The highest BCUT2D eigenvalue weighted by atomic mass is 16.4. The molecule has 0 spiro atoms. The third-order valence-corrected chi connectivity index (χ3v) is 3.47. The van der Waals surface area contributed by atoms with E-state index in [0.717, 1.165) is 30.5 Å². The molecule has 0 atom stereocenters. The second-order valence-corrected chi connectivity index (χ2v) is 5.61. The molecule has 0 fully saturated rings. The number of carbonyl (C=O) groups is 1. The van der Waals surface area contributed by atoms with E-state index in [1.54, 1.807) is 6.07 Å². The van der Waals surface area contributed by atoms with E-state index in [4.69, 9.17) is 4.42 Å². The van der Waals surface area contributed by atoms with Crippen LogP contribution in [0.4, 0.5) is 0 Å². The molecule has 0 bridgehead atoms. The second-order valence-electron chi connectivity index (χ2n) is 5.61. The molecule has 0 aliphatic rings. The summed E-state index contributed by atoms with van der Waals surface area (Å²) in [6, 6.07) is 7.46. The molecule has 0 unspecified atom stereocenters. The van der Waals surface area contributed by atoms with Crippen molar-refractivity contribution in [3.05, 3.63) is 35.6 Å². The molecular weight excluding hydrogens is 268 g/mol. The number of hydrogen-bond donors (Lipinski definition) is 1. The van der Waals surface area contributed by atoms with Gasteiger partial charge in [0.15, 0.2) is 0 Å². The summed E-state index contributed by atoms with van der Waals surface area (Å²) in [5.41, 5.74) is 1.39. The summed E-state index contributed by atoms with van der Waals surface area (Å²) in [5.74, 6) is -0.960. The number of para-hydroxylation sites is 1. The topological polar surface area (TPSA) is 56.9 Å². The Hall–Kier alpha value is -1.85. The van der Waals surface area contributed by atoms with E-state index in [2.05, 4.69) is 9.80 Å². The lowest BCUT2D eigenvalue weighted by Crippen LogP contribution is -2.24. The van der Waals surface area contributed by atoms with Gasteiger partial charge in [0.05, 0.1) is 0 Å². The van der Waals surface area contributed by atoms with Gasteiger partial charge >= 0.3 is 5.97 Å². The van der Waals surface area contributed by atoms with Crippen molar-refractivity contribution in [2.24, 2.45) is 0 Å². The Bertz CT molecular complexity index is 619. The standard InChI is InChI=1S/C16H22N2O3/c1-17(2)9-6-10-18(3)11-13-12-7-4-5-8-14(12)21-15(13)16(19)20/h4-5,7-8H,6,9-11H2,1-3H3,(H,19,20). The first-order chi connectivity index (χ1) is 9.99. The van der Waals surface area contributed by atoms with E-state index in [-0.39, 0.29) is 5.76 Å². The first-order valence-corrected chi connectivity index (χ1v) is 7.06. The molecule has 1 heterocycles. The Balaban J connectivity index is 2.16. The summed E-state index contributed by atoms with van der Waals surface area (Å²) in [4.78, 5) is 15.6. The summed E-state index contributed by atoms with van der Waals surface area (Å²) in [7, 11) is 6.10. The predicted molar refractivity (Wildman–Crippen MR) is 82.7 cm³/mol. The van der Waals surface area contributed by atoms with Gasteiger partial charge in [-0.2, -0.15) is 0 Å². The number of furan rings is 1. The molecule has 1 aromatic carbocycles. The zero-order valence-electron chi connectivity index (χ0n) is 12.8. The Morgan fingerprint density at radius 3 is 2.57 bits per heavy atom. The van der Waals surface area contributed by atoms with Crippen LogP contribution in [0.25, 0.3) is 11.0 Å². The quantitative estimate of drug-likeness (QED) is 0.849. The minimum atomic E-state index is -1.01. The van der Waals surface area contributed by atoms with Crippen LogP contribution in [0.15, 0.2) is 28.7 Å². The lowest BCUT2D eigenvalue weighted by Gasteiger charge is -2.17. The summed E-state index contributed by atoms with van der Waals surface area (Å²) in [6.45, 7) is 2.51. The number of carboxylic acids is 1. The summed E-state index contributed by atoms with van der Waals surface area (Å²) >= 11 is 0. The molecule has 0 amide bonds. The fourth-order valence-corrected chi connectivity index (χ4v) is 2.43. The predicted octanol–water partition coefficient (Wildman–Crippen LogP) is 2.51. The molecule has 0 saturated heterocycles. The molecule has 2 rings (SSSR count). The van der Waals surface area contributed by atoms with Crippen LogP contribution < -0.4 is 0 Å². The van der Waals surface area contributed by atoms with E-state index in [1.807, 2.05) is 39.3 Å². The Kier molecular flexibility index (Phi) is 4.98. The van der Waals surface area contributed by atoms with Crippen molar-refractivity contribution in [2.45, 2.75) is 13.0 Å². The zero-order chi connectivity index (χ0) is 15.4. The number of hydrogen-bond acceptors (Lipinski definition) is 4. The van der Waals surface area contributed by atoms with Gasteiger partial charge in [-0.25, -0.2) is 4.79 Å². The maximum atomic E-state index is 11.4. The fraction of sp³-hybridized carbons (Fsp3) is 0.438. The molecular formula is C16H22N2O3. The Morgan fingerprint density at radius 1 is 1.19 bits per heavy atom. The number of aromatic carboxylic acids is 1. The minimum Gasteiger partial charge on any atom is -0.475 e. The van der Waals surface area contributed by atoms with Gasteiger partial charge in [0, 0.05) is 17.5 Å². The van der Waals surface area contributed by atoms with Crippen molar-refractivity contribution >= 4 is 16.9 Å². The number of benzene rings is 1. The van der Waals surface area contributed by atoms with Crippen molar-refractivity contribution in [1.29, 1.82) is 0 Å². The second kappa shape index (κ2) is 6.74. The summed E-state index contributed by atoms with van der Waals surface area (Å²) in [6.07, 6.45) is 1.04. The number of carboxylic acid groups (broad SMARTS) is 1. The normalized spacial score (nSPS) is 11.7. The largest absolute Gasteiger partial charge is 0.475 e. The van der Waals surface area contributed by atoms with E-state index in [0.29, 0.717) is 12.1 Å². The average Bonchev–Trinajstić information content (AvgIpc) is 2.77. The van der Waals surface area contributed by atoms with Gasteiger partial charge in [0.1, 0.15) is 5.58 Å². The van der Waals surface area contributed by atoms with Crippen LogP contribution in [0.2, 0.25) is 0 Å². The van der Waals surface area contributed by atoms with Crippen LogP contribution in [0, 0.1) is 0 Å².